The molecule has 1 saturated heterocycles. The number of piperazine rings is 1. The molecule has 2 aromatic rings. The SMILES string of the molecule is CCc1nc([C@@H](C)CC)nc(N2CCN(C(=O)NC(C)(C)C)CC2)c1Cc1ccc(F)cc1. The van der Waals surface area contributed by atoms with Crippen molar-refractivity contribution in [1.29, 1.82) is 0 Å². The molecule has 0 radical (unpaired) electrons. The van der Waals surface area contributed by atoms with Crippen molar-refractivity contribution < 1.29 is 9.18 Å². The Bertz CT molecular complexity index is 946. The van der Waals surface area contributed by atoms with E-state index in [0.29, 0.717) is 32.6 Å². The van der Waals surface area contributed by atoms with E-state index in [2.05, 4.69) is 31.0 Å². The van der Waals surface area contributed by atoms with Crippen LogP contribution >= 0.6 is 0 Å². The average Bonchev–Trinajstić information content (AvgIpc) is 2.79. The zero-order valence-corrected chi connectivity index (χ0v) is 20.9. The van der Waals surface area contributed by atoms with Crippen LogP contribution in [0.3, 0.4) is 0 Å². The number of rotatable bonds is 6. The predicted molar refractivity (Wildman–Crippen MR) is 131 cm³/mol. The zero-order valence-electron chi connectivity index (χ0n) is 20.9. The van der Waals surface area contributed by atoms with Crippen LogP contribution < -0.4 is 10.2 Å². The maximum absolute atomic E-state index is 13.5. The summed E-state index contributed by atoms with van der Waals surface area (Å²) in [5, 5.41) is 3.05. The van der Waals surface area contributed by atoms with E-state index < -0.39 is 0 Å². The van der Waals surface area contributed by atoms with Gasteiger partial charge in [0, 0.05) is 55.3 Å². The van der Waals surface area contributed by atoms with E-state index in [9.17, 15) is 9.18 Å². The number of anilines is 1. The smallest absolute Gasteiger partial charge is 0.317 e. The fourth-order valence-electron chi connectivity index (χ4n) is 4.00. The van der Waals surface area contributed by atoms with Gasteiger partial charge in [0.2, 0.25) is 0 Å². The Morgan fingerprint density at radius 1 is 1.09 bits per heavy atom. The Balaban J connectivity index is 1.90. The van der Waals surface area contributed by atoms with Crippen LogP contribution in [-0.4, -0.2) is 52.6 Å². The zero-order chi connectivity index (χ0) is 24.2. The lowest BCUT2D eigenvalue weighted by Gasteiger charge is -2.38. The number of hydrogen-bond donors (Lipinski definition) is 1. The molecule has 33 heavy (non-hydrogen) atoms. The van der Waals surface area contributed by atoms with E-state index in [4.69, 9.17) is 9.97 Å². The van der Waals surface area contributed by atoms with Crippen molar-refractivity contribution in [2.24, 2.45) is 0 Å². The van der Waals surface area contributed by atoms with Crippen molar-refractivity contribution in [1.82, 2.24) is 20.2 Å². The van der Waals surface area contributed by atoms with Crippen molar-refractivity contribution in [2.75, 3.05) is 31.1 Å². The van der Waals surface area contributed by atoms with Gasteiger partial charge < -0.3 is 15.1 Å². The van der Waals surface area contributed by atoms with Crippen molar-refractivity contribution in [2.45, 2.75) is 72.3 Å². The molecule has 1 aliphatic heterocycles. The topological polar surface area (TPSA) is 61.4 Å². The van der Waals surface area contributed by atoms with Gasteiger partial charge >= 0.3 is 6.03 Å². The van der Waals surface area contributed by atoms with Crippen molar-refractivity contribution in [3.8, 4) is 0 Å². The highest BCUT2D eigenvalue weighted by Crippen LogP contribution is 2.28. The average molecular weight is 456 g/mol. The van der Waals surface area contributed by atoms with Crippen LogP contribution in [0.1, 0.15) is 76.5 Å². The minimum Gasteiger partial charge on any atom is -0.353 e. The lowest BCUT2D eigenvalue weighted by molar-refractivity contribution is 0.185. The highest BCUT2D eigenvalue weighted by molar-refractivity contribution is 5.75. The number of carbonyl (C=O) groups is 1. The van der Waals surface area contributed by atoms with E-state index in [1.165, 1.54) is 12.1 Å². The van der Waals surface area contributed by atoms with Gasteiger partial charge in [-0.3, -0.25) is 0 Å². The van der Waals surface area contributed by atoms with Crippen molar-refractivity contribution in [3.63, 3.8) is 0 Å². The molecule has 0 spiro atoms. The summed E-state index contributed by atoms with van der Waals surface area (Å²) in [5.74, 6) is 1.87. The second-order valence-corrected chi connectivity index (χ2v) is 9.95. The van der Waals surface area contributed by atoms with Crippen LogP contribution in [0.4, 0.5) is 15.0 Å². The minimum atomic E-state index is -0.260. The van der Waals surface area contributed by atoms with Crippen LogP contribution in [-0.2, 0) is 12.8 Å². The van der Waals surface area contributed by atoms with Crippen LogP contribution in [0.15, 0.2) is 24.3 Å². The second-order valence-electron chi connectivity index (χ2n) is 9.95. The highest BCUT2D eigenvalue weighted by Gasteiger charge is 2.27. The molecule has 7 heteroatoms. The van der Waals surface area contributed by atoms with Crippen molar-refractivity contribution in [3.05, 3.63) is 52.7 Å². The lowest BCUT2D eigenvalue weighted by Crippen LogP contribution is -2.55. The molecule has 1 aromatic carbocycles. The molecule has 2 amide bonds. The number of aromatic nitrogens is 2. The third-order valence-corrected chi connectivity index (χ3v) is 6.12. The fourth-order valence-corrected chi connectivity index (χ4v) is 4.00. The summed E-state index contributed by atoms with van der Waals surface area (Å²) in [6.07, 6.45) is 2.44. The molecule has 1 aromatic heterocycles. The second kappa shape index (κ2) is 10.5. The number of aryl methyl sites for hydroxylation is 1. The van der Waals surface area contributed by atoms with Gasteiger partial charge in [-0.2, -0.15) is 0 Å². The molecule has 1 aliphatic rings. The normalized spacial score (nSPS) is 15.5. The first-order chi connectivity index (χ1) is 15.6. The van der Waals surface area contributed by atoms with Gasteiger partial charge in [0.1, 0.15) is 17.5 Å². The van der Waals surface area contributed by atoms with Gasteiger partial charge in [-0.05, 0) is 51.3 Å². The molecule has 0 aliphatic carbocycles. The summed E-state index contributed by atoms with van der Waals surface area (Å²) in [7, 11) is 0. The first-order valence-electron chi connectivity index (χ1n) is 12.1. The molecular weight excluding hydrogens is 417 g/mol. The van der Waals surface area contributed by atoms with Gasteiger partial charge in [0.25, 0.3) is 0 Å². The highest BCUT2D eigenvalue weighted by atomic mass is 19.1. The molecule has 0 unspecified atom stereocenters. The molecule has 6 nitrogen and oxygen atoms in total. The Labute approximate surface area is 197 Å². The monoisotopic (exact) mass is 455 g/mol. The van der Waals surface area contributed by atoms with E-state index in [1.807, 2.05) is 37.8 Å². The first kappa shape index (κ1) is 24.9. The molecule has 3 rings (SSSR count). The summed E-state index contributed by atoms with van der Waals surface area (Å²) >= 11 is 0. The van der Waals surface area contributed by atoms with Crippen molar-refractivity contribution >= 4 is 11.8 Å². The largest absolute Gasteiger partial charge is 0.353 e. The van der Waals surface area contributed by atoms with Crippen LogP contribution in [0.25, 0.3) is 0 Å². The number of nitrogens with one attached hydrogen (secondary N) is 1. The van der Waals surface area contributed by atoms with Gasteiger partial charge in [0.05, 0.1) is 0 Å². The minimum absolute atomic E-state index is 0.0223. The Kier molecular flexibility index (Phi) is 7.92. The molecule has 1 fully saturated rings. The van der Waals surface area contributed by atoms with Crippen LogP contribution in [0, 0.1) is 5.82 Å². The summed E-state index contributed by atoms with van der Waals surface area (Å²) in [6, 6.07) is 6.64. The van der Waals surface area contributed by atoms with E-state index in [1.54, 1.807) is 0 Å². The Morgan fingerprint density at radius 3 is 2.27 bits per heavy atom. The predicted octanol–water partition coefficient (Wildman–Crippen LogP) is 4.91. The van der Waals surface area contributed by atoms with Crippen LogP contribution in [0.5, 0.6) is 0 Å². The Morgan fingerprint density at radius 2 is 1.73 bits per heavy atom. The molecule has 0 bridgehead atoms. The molecule has 2 heterocycles. The molecule has 1 atom stereocenters. The van der Waals surface area contributed by atoms with E-state index in [-0.39, 0.29) is 23.3 Å². The third-order valence-electron chi connectivity index (χ3n) is 6.12. The summed E-state index contributed by atoms with van der Waals surface area (Å²) in [4.78, 5) is 26.7. The quantitative estimate of drug-likeness (QED) is 0.672. The molecular formula is C26H38FN5O. The summed E-state index contributed by atoms with van der Waals surface area (Å²) < 4.78 is 13.5. The number of urea groups is 1. The third kappa shape index (κ3) is 6.42. The summed E-state index contributed by atoms with van der Waals surface area (Å²) in [5.41, 5.74) is 2.93. The number of carbonyl (C=O) groups excluding carboxylic acids is 1. The maximum atomic E-state index is 13.5. The number of amides is 2. The number of benzene rings is 1. The van der Waals surface area contributed by atoms with Crippen LogP contribution in [0.2, 0.25) is 0 Å². The molecule has 0 saturated carbocycles. The lowest BCUT2D eigenvalue weighted by atomic mass is 10.0. The van der Waals surface area contributed by atoms with E-state index >= 15 is 0 Å². The number of nitrogens with zero attached hydrogens (tertiary/aromatic N) is 4. The number of halogens is 1. The fraction of sp³-hybridized carbons (Fsp3) is 0.577. The van der Waals surface area contributed by atoms with Gasteiger partial charge in [-0.1, -0.05) is 32.9 Å². The number of hydrogen-bond acceptors (Lipinski definition) is 4. The molecule has 1 N–H and O–H groups in total. The van der Waals surface area contributed by atoms with Gasteiger partial charge in [-0.25, -0.2) is 19.2 Å². The Hall–Kier alpha value is -2.70. The van der Waals surface area contributed by atoms with Gasteiger partial charge in [-0.15, -0.1) is 0 Å². The summed E-state index contributed by atoms with van der Waals surface area (Å²) in [6.45, 7) is 15.1. The first-order valence-corrected chi connectivity index (χ1v) is 12.1. The standard InChI is InChI=1S/C26H38FN5O/c1-7-18(3)23-28-22(8-2)21(17-19-9-11-20(27)12-10-19)24(29-23)31-13-15-32(16-14-31)25(33)30-26(4,5)6/h9-12,18H,7-8,13-17H2,1-6H3,(H,30,33)/t18-/m0/s1. The maximum Gasteiger partial charge on any atom is 0.317 e. The van der Waals surface area contributed by atoms with Gasteiger partial charge in [0.15, 0.2) is 0 Å². The molecule has 180 valence electrons. The van der Waals surface area contributed by atoms with E-state index in [0.717, 1.165) is 41.3 Å².